The highest BCUT2D eigenvalue weighted by Gasteiger charge is 2.30. The zero-order valence-electron chi connectivity index (χ0n) is 14.3. The molecule has 126 valence electrons. The van der Waals surface area contributed by atoms with Crippen molar-refractivity contribution in [3.8, 4) is 5.69 Å². The highest BCUT2D eigenvalue weighted by atomic mass is 16.1. The van der Waals surface area contributed by atoms with E-state index in [4.69, 9.17) is 0 Å². The average Bonchev–Trinajstić information content (AvgIpc) is 3.05. The van der Waals surface area contributed by atoms with Crippen LogP contribution < -0.4 is 10.2 Å². The van der Waals surface area contributed by atoms with Gasteiger partial charge in [-0.2, -0.15) is 5.10 Å². The van der Waals surface area contributed by atoms with Gasteiger partial charge < -0.3 is 10.2 Å². The van der Waals surface area contributed by atoms with Crippen LogP contribution in [0, 0.1) is 0 Å². The fourth-order valence-corrected chi connectivity index (χ4v) is 3.29. The third kappa shape index (κ3) is 2.78. The zero-order valence-corrected chi connectivity index (χ0v) is 14.3. The molecule has 0 saturated carbocycles. The number of nitrogens with zero attached hydrogens (tertiary/aromatic N) is 3. The number of para-hydroxylation sites is 1. The average molecular weight is 332 g/mol. The molecule has 25 heavy (non-hydrogen) atoms. The molecule has 0 radical (unpaired) electrons. The molecule has 2 aromatic carbocycles. The summed E-state index contributed by atoms with van der Waals surface area (Å²) >= 11 is 0. The highest BCUT2D eigenvalue weighted by Crippen LogP contribution is 2.38. The van der Waals surface area contributed by atoms with E-state index in [0.29, 0.717) is 6.42 Å². The Hall–Kier alpha value is -3.08. The predicted molar refractivity (Wildman–Crippen MR) is 99.4 cm³/mol. The second kappa shape index (κ2) is 6.09. The molecule has 5 nitrogen and oxygen atoms in total. The number of benzene rings is 2. The second-order valence-corrected chi connectivity index (χ2v) is 6.49. The number of amides is 1. The van der Waals surface area contributed by atoms with Crippen LogP contribution in [0.4, 0.5) is 11.5 Å². The van der Waals surface area contributed by atoms with Crippen molar-refractivity contribution < 1.29 is 4.79 Å². The Morgan fingerprint density at radius 2 is 1.80 bits per heavy atom. The number of carbonyl (C=O) groups is 1. The third-order valence-electron chi connectivity index (χ3n) is 4.63. The minimum absolute atomic E-state index is 0.0202. The lowest BCUT2D eigenvalue weighted by Gasteiger charge is -2.24. The summed E-state index contributed by atoms with van der Waals surface area (Å²) in [5, 5.41) is 7.51. The number of hydrogen-bond acceptors (Lipinski definition) is 3. The van der Waals surface area contributed by atoms with Crippen molar-refractivity contribution in [2.45, 2.75) is 12.3 Å². The minimum Gasteiger partial charge on any atom is -0.378 e. The molecule has 0 saturated heterocycles. The number of carbonyl (C=O) groups excluding carboxylic acids is 1. The SMILES string of the molecule is CN(C)c1ccc([C@@H]2CC(=O)Nc3c2cnn3-c2ccccc2)cc1. The van der Waals surface area contributed by atoms with Gasteiger partial charge in [0.05, 0.1) is 11.9 Å². The van der Waals surface area contributed by atoms with Gasteiger partial charge in [-0.1, -0.05) is 30.3 Å². The van der Waals surface area contributed by atoms with Crippen LogP contribution >= 0.6 is 0 Å². The first kappa shape index (κ1) is 15.4. The van der Waals surface area contributed by atoms with Crippen molar-refractivity contribution in [1.82, 2.24) is 9.78 Å². The molecule has 0 spiro atoms. The number of rotatable bonds is 3. The van der Waals surface area contributed by atoms with Gasteiger partial charge in [0.2, 0.25) is 5.91 Å². The Labute approximate surface area is 146 Å². The van der Waals surface area contributed by atoms with Crippen LogP contribution in [0.25, 0.3) is 5.69 Å². The van der Waals surface area contributed by atoms with E-state index in [-0.39, 0.29) is 11.8 Å². The van der Waals surface area contributed by atoms with Crippen molar-refractivity contribution in [2.24, 2.45) is 0 Å². The maximum Gasteiger partial charge on any atom is 0.226 e. The maximum atomic E-state index is 12.3. The monoisotopic (exact) mass is 332 g/mol. The van der Waals surface area contributed by atoms with E-state index in [9.17, 15) is 4.79 Å². The Morgan fingerprint density at radius 3 is 2.48 bits per heavy atom. The van der Waals surface area contributed by atoms with Crippen LogP contribution in [-0.4, -0.2) is 29.8 Å². The lowest BCUT2D eigenvalue weighted by Crippen LogP contribution is -2.24. The molecule has 1 aliphatic heterocycles. The Balaban J connectivity index is 1.75. The van der Waals surface area contributed by atoms with Gasteiger partial charge in [-0.15, -0.1) is 0 Å². The van der Waals surface area contributed by atoms with Gasteiger partial charge in [-0.3, -0.25) is 4.79 Å². The first-order chi connectivity index (χ1) is 12.1. The normalized spacial score (nSPS) is 16.2. The van der Waals surface area contributed by atoms with Gasteiger partial charge in [0.15, 0.2) is 0 Å². The van der Waals surface area contributed by atoms with E-state index in [1.807, 2.05) is 50.6 Å². The first-order valence-electron chi connectivity index (χ1n) is 8.34. The molecule has 0 unspecified atom stereocenters. The van der Waals surface area contributed by atoms with E-state index in [1.165, 1.54) is 0 Å². The summed E-state index contributed by atoms with van der Waals surface area (Å²) < 4.78 is 1.80. The molecular formula is C20H20N4O. The molecule has 1 amide bonds. The Bertz CT molecular complexity index is 897. The Morgan fingerprint density at radius 1 is 1.08 bits per heavy atom. The molecule has 5 heteroatoms. The summed E-state index contributed by atoms with van der Waals surface area (Å²) in [6.45, 7) is 0. The predicted octanol–water partition coefficient (Wildman–Crippen LogP) is 3.41. The van der Waals surface area contributed by atoms with Crippen LogP contribution in [-0.2, 0) is 4.79 Å². The first-order valence-corrected chi connectivity index (χ1v) is 8.34. The fraction of sp³-hybridized carbons (Fsp3) is 0.200. The van der Waals surface area contributed by atoms with Crippen molar-refractivity contribution in [2.75, 3.05) is 24.3 Å². The molecule has 4 rings (SSSR count). The van der Waals surface area contributed by atoms with Gasteiger partial charge in [0.25, 0.3) is 0 Å². The Kier molecular flexibility index (Phi) is 3.76. The summed E-state index contributed by atoms with van der Waals surface area (Å²) in [6.07, 6.45) is 2.31. The topological polar surface area (TPSA) is 50.2 Å². The molecule has 1 atom stereocenters. The van der Waals surface area contributed by atoms with E-state index < -0.39 is 0 Å². The van der Waals surface area contributed by atoms with E-state index >= 15 is 0 Å². The fourth-order valence-electron chi connectivity index (χ4n) is 3.29. The van der Waals surface area contributed by atoms with Gasteiger partial charge in [-0.05, 0) is 29.8 Å². The van der Waals surface area contributed by atoms with Gasteiger partial charge in [-0.25, -0.2) is 4.68 Å². The quantitative estimate of drug-likeness (QED) is 0.799. The maximum absolute atomic E-state index is 12.3. The molecule has 0 fully saturated rings. The zero-order chi connectivity index (χ0) is 17.4. The summed E-state index contributed by atoms with van der Waals surface area (Å²) in [5.74, 6) is 0.813. The summed E-state index contributed by atoms with van der Waals surface area (Å²) in [5.41, 5.74) is 4.27. The third-order valence-corrected chi connectivity index (χ3v) is 4.63. The lowest BCUT2D eigenvalue weighted by atomic mass is 9.87. The standard InChI is InChI=1S/C20H20N4O/c1-23(2)15-10-8-14(9-11-15)17-12-19(25)22-20-18(17)13-21-24(20)16-6-4-3-5-7-16/h3-11,13,17H,12H2,1-2H3,(H,22,25)/t17-/m0/s1. The number of nitrogens with one attached hydrogen (secondary N) is 1. The second-order valence-electron chi connectivity index (χ2n) is 6.49. The van der Waals surface area contributed by atoms with Crippen molar-refractivity contribution in [3.05, 3.63) is 71.9 Å². The molecule has 3 aromatic rings. The van der Waals surface area contributed by atoms with Crippen LogP contribution in [0.5, 0.6) is 0 Å². The smallest absolute Gasteiger partial charge is 0.226 e. The molecule has 0 aliphatic carbocycles. The molecule has 2 heterocycles. The van der Waals surface area contributed by atoms with Crippen molar-refractivity contribution >= 4 is 17.4 Å². The van der Waals surface area contributed by atoms with E-state index in [1.54, 1.807) is 4.68 Å². The van der Waals surface area contributed by atoms with Gasteiger partial charge >= 0.3 is 0 Å². The van der Waals surface area contributed by atoms with E-state index in [2.05, 4.69) is 39.6 Å². The van der Waals surface area contributed by atoms with Crippen LogP contribution in [0.2, 0.25) is 0 Å². The van der Waals surface area contributed by atoms with E-state index in [0.717, 1.165) is 28.3 Å². The van der Waals surface area contributed by atoms with Gasteiger partial charge in [0.1, 0.15) is 5.82 Å². The van der Waals surface area contributed by atoms with Gasteiger partial charge in [0, 0.05) is 37.7 Å². The summed E-state index contributed by atoms with van der Waals surface area (Å²) in [4.78, 5) is 14.4. The van der Waals surface area contributed by atoms with Crippen LogP contribution in [0.1, 0.15) is 23.5 Å². The number of hydrogen-bond donors (Lipinski definition) is 1. The molecular weight excluding hydrogens is 312 g/mol. The van der Waals surface area contributed by atoms with Crippen LogP contribution in [0.15, 0.2) is 60.8 Å². The minimum atomic E-state index is 0.0202. The number of anilines is 2. The number of aromatic nitrogens is 2. The largest absolute Gasteiger partial charge is 0.378 e. The van der Waals surface area contributed by atoms with Crippen molar-refractivity contribution in [1.29, 1.82) is 0 Å². The molecule has 1 aromatic heterocycles. The summed E-state index contributed by atoms with van der Waals surface area (Å²) in [6, 6.07) is 18.2. The lowest BCUT2D eigenvalue weighted by molar-refractivity contribution is -0.116. The molecule has 1 aliphatic rings. The van der Waals surface area contributed by atoms with Crippen LogP contribution in [0.3, 0.4) is 0 Å². The molecule has 1 N–H and O–H groups in total. The van der Waals surface area contributed by atoms with Crippen molar-refractivity contribution in [3.63, 3.8) is 0 Å². The number of fused-ring (bicyclic) bond motifs is 1. The highest BCUT2D eigenvalue weighted by molar-refractivity contribution is 5.94. The summed E-state index contributed by atoms with van der Waals surface area (Å²) in [7, 11) is 4.04. The molecule has 0 bridgehead atoms.